The predicted molar refractivity (Wildman–Crippen MR) is 82.2 cm³/mol. The smallest absolute Gasteiger partial charge is 0.0642 e. The maximum atomic E-state index is 6.27. The maximum Gasteiger partial charge on any atom is 0.0642 e. The Morgan fingerprint density at radius 3 is 2.68 bits per heavy atom. The van der Waals surface area contributed by atoms with Crippen molar-refractivity contribution in [2.45, 2.75) is 12.3 Å². The average Bonchev–Trinajstić information content (AvgIpc) is 2.45. The van der Waals surface area contributed by atoms with Gasteiger partial charge in [0.15, 0.2) is 0 Å². The third-order valence-electron chi connectivity index (χ3n) is 3.01. The molecule has 1 heterocycles. The number of aromatic nitrogens is 1. The van der Waals surface area contributed by atoms with E-state index in [4.69, 9.17) is 23.2 Å². The van der Waals surface area contributed by atoms with E-state index in [-0.39, 0.29) is 0 Å². The van der Waals surface area contributed by atoms with E-state index in [1.807, 2.05) is 49.6 Å². The van der Waals surface area contributed by atoms with Gasteiger partial charge in [0.2, 0.25) is 0 Å². The van der Waals surface area contributed by atoms with Crippen LogP contribution in [0, 0.1) is 0 Å². The summed E-state index contributed by atoms with van der Waals surface area (Å²) in [5, 5.41) is 0.738. The van der Waals surface area contributed by atoms with Gasteiger partial charge in [-0.3, -0.25) is 4.98 Å². The van der Waals surface area contributed by atoms with Crippen LogP contribution in [0.3, 0.4) is 0 Å². The molecule has 0 saturated carbocycles. The van der Waals surface area contributed by atoms with Crippen LogP contribution in [0.4, 0.5) is 5.69 Å². The zero-order valence-electron chi connectivity index (χ0n) is 10.8. The third-order valence-corrected chi connectivity index (χ3v) is 3.62. The van der Waals surface area contributed by atoms with Crippen molar-refractivity contribution in [3.05, 3.63) is 58.9 Å². The fraction of sp³-hybridized carbons (Fsp3) is 0.267. The summed E-state index contributed by atoms with van der Waals surface area (Å²) in [6.07, 6.45) is 2.71. The molecule has 0 N–H and O–H groups in total. The average molecular weight is 295 g/mol. The Hall–Kier alpha value is -1.25. The van der Waals surface area contributed by atoms with Gasteiger partial charge in [0.25, 0.3) is 0 Å². The Morgan fingerprint density at radius 2 is 2.05 bits per heavy atom. The van der Waals surface area contributed by atoms with Gasteiger partial charge in [-0.1, -0.05) is 23.7 Å². The third kappa shape index (κ3) is 3.85. The largest absolute Gasteiger partial charge is 0.373 e. The first kappa shape index (κ1) is 14.2. The van der Waals surface area contributed by atoms with Gasteiger partial charge in [-0.15, -0.1) is 11.6 Å². The highest BCUT2D eigenvalue weighted by molar-refractivity contribution is 6.33. The van der Waals surface area contributed by atoms with Gasteiger partial charge < -0.3 is 4.90 Å². The van der Waals surface area contributed by atoms with E-state index in [2.05, 4.69) is 9.88 Å². The molecule has 19 heavy (non-hydrogen) atoms. The standard InChI is InChI=1S/C15H16Cl2N2/c1-19(9-7-13-4-2-3-8-18-13)15-6-5-12(11-16)10-14(15)17/h2-6,8,10H,7,9,11H2,1H3. The number of anilines is 1. The molecule has 4 heteroatoms. The zero-order valence-corrected chi connectivity index (χ0v) is 12.3. The molecule has 2 nitrogen and oxygen atoms in total. The van der Waals surface area contributed by atoms with E-state index in [1.54, 1.807) is 0 Å². The van der Waals surface area contributed by atoms with Gasteiger partial charge in [0, 0.05) is 37.8 Å². The van der Waals surface area contributed by atoms with Crippen LogP contribution in [-0.4, -0.2) is 18.6 Å². The molecule has 2 aromatic rings. The molecule has 0 aliphatic heterocycles. The van der Waals surface area contributed by atoms with Crippen molar-refractivity contribution >= 4 is 28.9 Å². The molecule has 0 spiro atoms. The second kappa shape index (κ2) is 6.78. The van der Waals surface area contributed by atoms with Crippen LogP contribution >= 0.6 is 23.2 Å². The van der Waals surface area contributed by atoms with E-state index >= 15 is 0 Å². The van der Waals surface area contributed by atoms with Crippen molar-refractivity contribution in [2.75, 3.05) is 18.5 Å². The molecule has 100 valence electrons. The van der Waals surface area contributed by atoms with Crippen LogP contribution in [0.5, 0.6) is 0 Å². The van der Waals surface area contributed by atoms with Crippen molar-refractivity contribution in [3.8, 4) is 0 Å². The zero-order chi connectivity index (χ0) is 13.7. The van der Waals surface area contributed by atoms with Crippen LogP contribution in [0.2, 0.25) is 5.02 Å². The fourth-order valence-corrected chi connectivity index (χ4v) is 2.41. The number of likely N-dealkylation sites (N-methyl/N-ethyl adjacent to an activating group) is 1. The van der Waals surface area contributed by atoms with Gasteiger partial charge in [-0.05, 0) is 29.8 Å². The molecule has 0 bridgehead atoms. The summed E-state index contributed by atoms with van der Waals surface area (Å²) in [5.41, 5.74) is 3.14. The monoisotopic (exact) mass is 294 g/mol. The molecule has 0 aliphatic rings. The number of hydrogen-bond acceptors (Lipinski definition) is 2. The van der Waals surface area contributed by atoms with Crippen LogP contribution in [0.1, 0.15) is 11.3 Å². The number of pyridine rings is 1. The number of nitrogens with zero attached hydrogens (tertiary/aromatic N) is 2. The molecule has 0 amide bonds. The lowest BCUT2D eigenvalue weighted by molar-refractivity contribution is 0.852. The summed E-state index contributed by atoms with van der Waals surface area (Å²) >= 11 is 12.1. The summed E-state index contributed by atoms with van der Waals surface area (Å²) in [5.74, 6) is 0.484. The molecule has 2 rings (SSSR count). The summed E-state index contributed by atoms with van der Waals surface area (Å²) in [4.78, 5) is 6.45. The van der Waals surface area contributed by atoms with Crippen molar-refractivity contribution < 1.29 is 0 Å². The lowest BCUT2D eigenvalue weighted by Crippen LogP contribution is -2.21. The molecule has 0 saturated heterocycles. The molecular formula is C15H16Cl2N2. The second-order valence-electron chi connectivity index (χ2n) is 4.41. The Labute approximate surface area is 124 Å². The number of halogens is 2. The Bertz CT molecular complexity index is 529. The summed E-state index contributed by atoms with van der Waals surface area (Å²) in [6, 6.07) is 11.9. The van der Waals surface area contributed by atoms with E-state index < -0.39 is 0 Å². The lowest BCUT2D eigenvalue weighted by atomic mass is 10.2. The first-order valence-electron chi connectivity index (χ1n) is 6.16. The fourth-order valence-electron chi connectivity index (χ4n) is 1.89. The molecule has 0 atom stereocenters. The van der Waals surface area contributed by atoms with E-state index in [1.165, 1.54) is 0 Å². The predicted octanol–water partition coefficient (Wildman–Crippen LogP) is 4.15. The highest BCUT2D eigenvalue weighted by Gasteiger charge is 2.07. The van der Waals surface area contributed by atoms with Gasteiger partial charge in [0.1, 0.15) is 0 Å². The molecule has 0 aliphatic carbocycles. The highest BCUT2D eigenvalue weighted by Crippen LogP contribution is 2.26. The van der Waals surface area contributed by atoms with Crippen molar-refractivity contribution in [1.82, 2.24) is 4.98 Å². The number of rotatable bonds is 5. The first-order chi connectivity index (χ1) is 9.20. The highest BCUT2D eigenvalue weighted by atomic mass is 35.5. The van der Waals surface area contributed by atoms with Crippen molar-refractivity contribution in [2.24, 2.45) is 0 Å². The first-order valence-corrected chi connectivity index (χ1v) is 7.07. The van der Waals surface area contributed by atoms with E-state index in [0.717, 1.165) is 34.9 Å². The van der Waals surface area contributed by atoms with Crippen LogP contribution in [0.15, 0.2) is 42.6 Å². The Morgan fingerprint density at radius 1 is 1.21 bits per heavy atom. The van der Waals surface area contributed by atoms with Crippen molar-refractivity contribution in [1.29, 1.82) is 0 Å². The Kier molecular flexibility index (Phi) is 5.06. The maximum absolute atomic E-state index is 6.27. The quantitative estimate of drug-likeness (QED) is 0.770. The number of hydrogen-bond donors (Lipinski definition) is 0. The van der Waals surface area contributed by atoms with Gasteiger partial charge in [0.05, 0.1) is 10.7 Å². The lowest BCUT2D eigenvalue weighted by Gasteiger charge is -2.20. The van der Waals surface area contributed by atoms with Crippen LogP contribution in [0.25, 0.3) is 0 Å². The van der Waals surface area contributed by atoms with Gasteiger partial charge in [-0.25, -0.2) is 0 Å². The van der Waals surface area contributed by atoms with Gasteiger partial charge in [-0.2, -0.15) is 0 Å². The molecule has 0 fully saturated rings. The second-order valence-corrected chi connectivity index (χ2v) is 5.09. The van der Waals surface area contributed by atoms with Crippen molar-refractivity contribution in [3.63, 3.8) is 0 Å². The summed E-state index contributed by atoms with van der Waals surface area (Å²) in [7, 11) is 2.03. The Balaban J connectivity index is 2.02. The number of alkyl halides is 1. The van der Waals surface area contributed by atoms with Crippen LogP contribution in [-0.2, 0) is 12.3 Å². The molecule has 1 aromatic carbocycles. The minimum absolute atomic E-state index is 0.484. The van der Waals surface area contributed by atoms with E-state index in [0.29, 0.717) is 5.88 Å². The molecule has 0 radical (unpaired) electrons. The van der Waals surface area contributed by atoms with Crippen LogP contribution < -0.4 is 4.90 Å². The topological polar surface area (TPSA) is 16.1 Å². The summed E-state index contributed by atoms with van der Waals surface area (Å²) in [6.45, 7) is 0.872. The normalized spacial score (nSPS) is 10.5. The number of benzene rings is 1. The van der Waals surface area contributed by atoms with E-state index in [9.17, 15) is 0 Å². The molecular weight excluding hydrogens is 279 g/mol. The minimum atomic E-state index is 0.484. The molecule has 0 unspecified atom stereocenters. The summed E-state index contributed by atoms with van der Waals surface area (Å²) < 4.78 is 0. The SMILES string of the molecule is CN(CCc1ccccn1)c1ccc(CCl)cc1Cl. The van der Waals surface area contributed by atoms with Gasteiger partial charge >= 0.3 is 0 Å². The minimum Gasteiger partial charge on any atom is -0.373 e. The molecule has 1 aromatic heterocycles.